The van der Waals surface area contributed by atoms with Gasteiger partial charge in [-0.15, -0.1) is 12.4 Å². The molecule has 4 rings (SSSR count). The normalized spacial score (nSPS) is 25.8. The van der Waals surface area contributed by atoms with Crippen molar-refractivity contribution >= 4 is 29.3 Å². The minimum Gasteiger partial charge on any atom is -0.464 e. The summed E-state index contributed by atoms with van der Waals surface area (Å²) in [7, 11) is 0. The fraction of sp³-hybridized carbons (Fsp3) is 0.526. The molecule has 1 aliphatic heterocycles. The van der Waals surface area contributed by atoms with Crippen molar-refractivity contribution in [3.05, 3.63) is 35.1 Å². The Kier molecular flexibility index (Phi) is 4.63. The van der Waals surface area contributed by atoms with Gasteiger partial charge in [-0.05, 0) is 61.8 Å². The van der Waals surface area contributed by atoms with Crippen LogP contribution in [0, 0.1) is 25.7 Å². The molecule has 0 spiro atoms. The predicted octanol–water partition coefficient (Wildman–Crippen LogP) is 3.21. The third-order valence-electron chi connectivity index (χ3n) is 5.88. The summed E-state index contributed by atoms with van der Waals surface area (Å²) in [6, 6.07) is 4.46. The molecule has 24 heavy (non-hydrogen) atoms. The van der Waals surface area contributed by atoms with Crippen molar-refractivity contribution < 1.29 is 9.21 Å². The number of nitrogens with two attached hydrogens (primary N) is 1. The third kappa shape index (κ3) is 2.82. The van der Waals surface area contributed by atoms with E-state index in [0.717, 1.165) is 36.0 Å². The van der Waals surface area contributed by atoms with Crippen molar-refractivity contribution in [1.29, 1.82) is 0 Å². The van der Waals surface area contributed by atoms with Crippen molar-refractivity contribution in [3.8, 4) is 0 Å². The fourth-order valence-corrected chi connectivity index (χ4v) is 4.26. The summed E-state index contributed by atoms with van der Waals surface area (Å²) >= 11 is 0. The lowest BCUT2D eigenvalue weighted by atomic mass is 9.98. The lowest BCUT2D eigenvalue weighted by Gasteiger charge is -2.18. The largest absolute Gasteiger partial charge is 0.464 e. The third-order valence-corrected chi connectivity index (χ3v) is 5.88. The number of aryl methyl sites for hydroxylation is 2. The van der Waals surface area contributed by atoms with Gasteiger partial charge in [0.05, 0.1) is 12.7 Å². The number of halogens is 1. The van der Waals surface area contributed by atoms with E-state index in [0.29, 0.717) is 18.3 Å². The quantitative estimate of drug-likeness (QED) is 0.906. The standard InChI is InChI=1S/C19H24N2O2.ClH/c1-11-5-15-14(10-23-18(15)6-12(11)2)7-19(22)21-8-13-3-4-17(20)16(13)9-21;/h5-6,10,13,16-17H,3-4,7-9,20H2,1-2H3;1H. The lowest BCUT2D eigenvalue weighted by molar-refractivity contribution is -0.129. The second-order valence-electron chi connectivity index (χ2n) is 7.33. The molecule has 1 aliphatic carbocycles. The minimum atomic E-state index is 0. The number of hydrogen-bond acceptors (Lipinski definition) is 3. The Labute approximate surface area is 148 Å². The fourth-order valence-electron chi connectivity index (χ4n) is 4.26. The molecule has 5 heteroatoms. The van der Waals surface area contributed by atoms with E-state index in [4.69, 9.17) is 10.2 Å². The highest BCUT2D eigenvalue weighted by Crippen LogP contribution is 2.37. The molecule has 2 fully saturated rings. The number of carbonyl (C=O) groups excluding carboxylic acids is 1. The number of rotatable bonds is 2. The van der Waals surface area contributed by atoms with E-state index in [1.54, 1.807) is 6.26 Å². The zero-order valence-corrected chi connectivity index (χ0v) is 15.1. The van der Waals surface area contributed by atoms with Gasteiger partial charge in [0, 0.05) is 30.1 Å². The highest BCUT2D eigenvalue weighted by Gasteiger charge is 2.42. The van der Waals surface area contributed by atoms with E-state index in [2.05, 4.69) is 26.0 Å². The topological polar surface area (TPSA) is 59.5 Å². The first-order valence-corrected chi connectivity index (χ1v) is 8.53. The molecule has 2 aliphatic rings. The van der Waals surface area contributed by atoms with Gasteiger partial charge in [0.25, 0.3) is 0 Å². The first-order chi connectivity index (χ1) is 11.0. The van der Waals surface area contributed by atoms with Gasteiger partial charge in [-0.1, -0.05) is 0 Å². The van der Waals surface area contributed by atoms with Crippen LogP contribution in [0.1, 0.15) is 29.5 Å². The van der Waals surface area contributed by atoms with Gasteiger partial charge in [0.1, 0.15) is 5.58 Å². The lowest BCUT2D eigenvalue weighted by Crippen LogP contribution is -2.34. The smallest absolute Gasteiger partial charge is 0.227 e. The van der Waals surface area contributed by atoms with Gasteiger partial charge < -0.3 is 15.1 Å². The molecule has 3 atom stereocenters. The molecular weight excluding hydrogens is 324 g/mol. The van der Waals surface area contributed by atoms with Crippen LogP contribution in [0.3, 0.4) is 0 Å². The highest BCUT2D eigenvalue weighted by atomic mass is 35.5. The Hall–Kier alpha value is -1.52. The van der Waals surface area contributed by atoms with E-state index in [1.807, 2.05) is 4.90 Å². The van der Waals surface area contributed by atoms with Gasteiger partial charge in [-0.25, -0.2) is 0 Å². The molecular formula is C19H25ClN2O2. The molecule has 130 valence electrons. The zero-order chi connectivity index (χ0) is 16.1. The van der Waals surface area contributed by atoms with Crippen molar-refractivity contribution in [1.82, 2.24) is 4.90 Å². The number of furan rings is 1. The van der Waals surface area contributed by atoms with Gasteiger partial charge in [0.2, 0.25) is 5.91 Å². The van der Waals surface area contributed by atoms with Gasteiger partial charge in [-0.2, -0.15) is 0 Å². The average Bonchev–Trinajstić information content (AvgIpc) is 3.18. The number of benzene rings is 1. The number of likely N-dealkylation sites (tertiary alicyclic amines) is 1. The molecule has 1 aromatic heterocycles. The van der Waals surface area contributed by atoms with Crippen LogP contribution in [0.25, 0.3) is 11.0 Å². The number of nitrogens with zero attached hydrogens (tertiary/aromatic N) is 1. The number of amides is 1. The van der Waals surface area contributed by atoms with Gasteiger partial charge in [0.15, 0.2) is 0 Å². The number of hydrogen-bond donors (Lipinski definition) is 1. The monoisotopic (exact) mass is 348 g/mol. The van der Waals surface area contributed by atoms with Gasteiger partial charge in [-0.3, -0.25) is 4.79 Å². The summed E-state index contributed by atoms with van der Waals surface area (Å²) in [6.45, 7) is 5.88. The first-order valence-electron chi connectivity index (χ1n) is 8.53. The zero-order valence-electron chi connectivity index (χ0n) is 14.2. The second-order valence-corrected chi connectivity index (χ2v) is 7.33. The summed E-state index contributed by atoms with van der Waals surface area (Å²) in [5.74, 6) is 1.32. The summed E-state index contributed by atoms with van der Waals surface area (Å²) < 4.78 is 5.65. The molecule has 3 unspecified atom stereocenters. The summed E-state index contributed by atoms with van der Waals surface area (Å²) in [4.78, 5) is 14.7. The van der Waals surface area contributed by atoms with Crippen molar-refractivity contribution in [2.75, 3.05) is 13.1 Å². The number of carbonyl (C=O) groups is 1. The average molecular weight is 349 g/mol. The summed E-state index contributed by atoms with van der Waals surface area (Å²) in [6.07, 6.45) is 4.44. The molecule has 1 saturated heterocycles. The highest BCUT2D eigenvalue weighted by molar-refractivity contribution is 5.88. The van der Waals surface area contributed by atoms with Crippen LogP contribution in [-0.4, -0.2) is 29.9 Å². The van der Waals surface area contributed by atoms with Crippen LogP contribution in [0.4, 0.5) is 0 Å². The molecule has 1 saturated carbocycles. The van der Waals surface area contributed by atoms with E-state index < -0.39 is 0 Å². The van der Waals surface area contributed by atoms with E-state index in [1.165, 1.54) is 17.5 Å². The number of fused-ring (bicyclic) bond motifs is 2. The van der Waals surface area contributed by atoms with E-state index in [-0.39, 0.29) is 24.4 Å². The summed E-state index contributed by atoms with van der Waals surface area (Å²) in [5.41, 5.74) is 10.5. The maximum atomic E-state index is 12.7. The summed E-state index contributed by atoms with van der Waals surface area (Å²) in [5, 5.41) is 1.07. The Balaban J connectivity index is 0.00000169. The SMILES string of the molecule is Cc1cc2occ(CC(=O)N3CC4CCC(N)C4C3)c2cc1C.Cl. The molecule has 1 amide bonds. The Morgan fingerprint density at radius 1 is 1.25 bits per heavy atom. The van der Waals surface area contributed by atoms with E-state index >= 15 is 0 Å². The molecule has 4 nitrogen and oxygen atoms in total. The molecule has 2 heterocycles. The molecule has 0 radical (unpaired) electrons. The van der Waals surface area contributed by atoms with E-state index in [9.17, 15) is 4.79 Å². The molecule has 0 bridgehead atoms. The van der Waals surface area contributed by atoms with Crippen molar-refractivity contribution in [2.45, 2.75) is 39.2 Å². The van der Waals surface area contributed by atoms with Crippen molar-refractivity contribution in [3.63, 3.8) is 0 Å². The van der Waals surface area contributed by atoms with Crippen LogP contribution in [-0.2, 0) is 11.2 Å². The maximum absolute atomic E-state index is 12.7. The minimum absolute atomic E-state index is 0. The van der Waals surface area contributed by atoms with Gasteiger partial charge >= 0.3 is 0 Å². The van der Waals surface area contributed by atoms with Crippen LogP contribution >= 0.6 is 12.4 Å². The first kappa shape index (κ1) is 17.3. The van der Waals surface area contributed by atoms with Crippen LogP contribution < -0.4 is 5.73 Å². The van der Waals surface area contributed by atoms with Crippen LogP contribution in [0.5, 0.6) is 0 Å². The Bertz CT molecular complexity index is 770. The predicted molar refractivity (Wildman–Crippen MR) is 97.4 cm³/mol. The Morgan fingerprint density at radius 2 is 2.00 bits per heavy atom. The molecule has 2 N–H and O–H groups in total. The van der Waals surface area contributed by atoms with Crippen molar-refractivity contribution in [2.24, 2.45) is 17.6 Å². The molecule has 2 aromatic rings. The maximum Gasteiger partial charge on any atom is 0.227 e. The second kappa shape index (κ2) is 6.41. The molecule has 1 aromatic carbocycles. The Morgan fingerprint density at radius 3 is 2.75 bits per heavy atom. The van der Waals surface area contributed by atoms with Crippen LogP contribution in [0.2, 0.25) is 0 Å². The van der Waals surface area contributed by atoms with Crippen LogP contribution in [0.15, 0.2) is 22.8 Å².